The van der Waals surface area contributed by atoms with Crippen molar-refractivity contribution in [1.29, 1.82) is 0 Å². The molecule has 0 unspecified atom stereocenters. The van der Waals surface area contributed by atoms with Crippen molar-refractivity contribution < 1.29 is 17.9 Å². The van der Waals surface area contributed by atoms with Crippen molar-refractivity contribution in [2.45, 2.75) is 25.7 Å². The van der Waals surface area contributed by atoms with E-state index in [-0.39, 0.29) is 11.5 Å². The molecular weight excluding hydrogens is 314 g/mol. The third-order valence-corrected chi connectivity index (χ3v) is 4.79. The van der Waals surface area contributed by atoms with Gasteiger partial charge in [0.1, 0.15) is 0 Å². The summed E-state index contributed by atoms with van der Waals surface area (Å²) in [6, 6.07) is 11.4. The average Bonchev–Trinajstić information content (AvgIpc) is 2.50. The molecule has 2 rings (SSSR count). The number of anilines is 1. The molecule has 0 radical (unpaired) electrons. The van der Waals surface area contributed by atoms with Gasteiger partial charge in [0, 0.05) is 0 Å². The van der Waals surface area contributed by atoms with Gasteiger partial charge in [0.05, 0.1) is 22.8 Å². The van der Waals surface area contributed by atoms with Gasteiger partial charge in [-0.1, -0.05) is 23.8 Å². The highest BCUT2D eigenvalue weighted by Gasteiger charge is 2.18. The van der Waals surface area contributed by atoms with E-state index in [1.54, 1.807) is 56.3 Å². The summed E-state index contributed by atoms with van der Waals surface area (Å²) >= 11 is 0. The number of carbonyl (C=O) groups is 1. The molecule has 0 aliphatic heterocycles. The second-order valence-electron chi connectivity index (χ2n) is 5.12. The van der Waals surface area contributed by atoms with E-state index in [1.165, 1.54) is 0 Å². The number of aryl methyl sites for hydroxylation is 1. The quantitative estimate of drug-likeness (QED) is 0.852. The molecule has 6 heteroatoms. The lowest BCUT2D eigenvalue weighted by Gasteiger charge is -2.13. The van der Waals surface area contributed by atoms with E-state index in [1.807, 2.05) is 6.92 Å². The number of benzene rings is 2. The smallest absolute Gasteiger partial charge is 0.338 e. The maximum absolute atomic E-state index is 12.4. The second-order valence-corrected chi connectivity index (χ2v) is 6.80. The second kappa shape index (κ2) is 6.83. The van der Waals surface area contributed by atoms with Crippen LogP contribution < -0.4 is 4.72 Å². The molecule has 0 aliphatic carbocycles. The summed E-state index contributed by atoms with van der Waals surface area (Å²) in [5.41, 5.74) is 2.21. The Morgan fingerprint density at radius 1 is 1.09 bits per heavy atom. The van der Waals surface area contributed by atoms with Crippen molar-refractivity contribution >= 4 is 21.7 Å². The molecule has 2 aromatic carbocycles. The van der Waals surface area contributed by atoms with Crippen LogP contribution in [0.25, 0.3) is 0 Å². The number of sulfonamides is 1. The maximum atomic E-state index is 12.4. The van der Waals surface area contributed by atoms with Crippen molar-refractivity contribution in [2.75, 3.05) is 11.3 Å². The zero-order valence-corrected chi connectivity index (χ0v) is 14.1. The van der Waals surface area contributed by atoms with Gasteiger partial charge in [0.25, 0.3) is 10.0 Å². The molecule has 0 fully saturated rings. The number of rotatable bonds is 5. The molecule has 1 N–H and O–H groups in total. The molecule has 0 saturated heterocycles. The molecule has 0 saturated carbocycles. The monoisotopic (exact) mass is 333 g/mol. The Hall–Kier alpha value is -2.34. The van der Waals surface area contributed by atoms with Gasteiger partial charge >= 0.3 is 5.97 Å². The molecule has 0 heterocycles. The van der Waals surface area contributed by atoms with Gasteiger partial charge in [0.2, 0.25) is 0 Å². The predicted octanol–water partition coefficient (Wildman–Crippen LogP) is 3.28. The lowest BCUT2D eigenvalue weighted by atomic mass is 10.1. The van der Waals surface area contributed by atoms with Crippen LogP contribution in [-0.2, 0) is 14.8 Å². The number of esters is 1. The lowest BCUT2D eigenvalue weighted by molar-refractivity contribution is 0.0525. The first-order valence-corrected chi connectivity index (χ1v) is 8.69. The van der Waals surface area contributed by atoms with Crippen molar-refractivity contribution in [3.05, 3.63) is 59.2 Å². The number of nitrogens with one attached hydrogen (secondary N) is 1. The van der Waals surface area contributed by atoms with Crippen LogP contribution in [0.3, 0.4) is 0 Å². The van der Waals surface area contributed by atoms with Gasteiger partial charge in [-0.15, -0.1) is 0 Å². The fourth-order valence-corrected chi connectivity index (χ4v) is 3.22. The van der Waals surface area contributed by atoms with Crippen LogP contribution in [0.5, 0.6) is 0 Å². The topological polar surface area (TPSA) is 72.5 Å². The molecular formula is C17H19NO4S. The zero-order chi connectivity index (χ0) is 17.0. The largest absolute Gasteiger partial charge is 0.462 e. The van der Waals surface area contributed by atoms with E-state index in [2.05, 4.69) is 4.72 Å². The maximum Gasteiger partial charge on any atom is 0.338 e. The van der Waals surface area contributed by atoms with Crippen molar-refractivity contribution in [2.24, 2.45) is 0 Å². The highest BCUT2D eigenvalue weighted by Crippen LogP contribution is 2.23. The lowest BCUT2D eigenvalue weighted by Crippen LogP contribution is -2.15. The number of ether oxygens (including phenoxy) is 1. The third-order valence-electron chi connectivity index (χ3n) is 3.40. The summed E-state index contributed by atoms with van der Waals surface area (Å²) < 4.78 is 32.4. The molecule has 5 nitrogen and oxygen atoms in total. The Labute approximate surface area is 136 Å². The third kappa shape index (κ3) is 3.90. The normalized spacial score (nSPS) is 11.1. The number of hydrogen-bond donors (Lipinski definition) is 1. The summed E-state index contributed by atoms with van der Waals surface area (Å²) in [5.74, 6) is -0.471. The van der Waals surface area contributed by atoms with Gasteiger partial charge in [-0.3, -0.25) is 4.72 Å². The molecule has 0 amide bonds. The average molecular weight is 333 g/mol. The fraction of sp³-hybridized carbons (Fsp3) is 0.235. The summed E-state index contributed by atoms with van der Waals surface area (Å²) in [6.45, 7) is 5.55. The minimum absolute atomic E-state index is 0.170. The Balaban J connectivity index is 2.34. The van der Waals surface area contributed by atoms with E-state index >= 15 is 0 Å². The van der Waals surface area contributed by atoms with E-state index in [0.29, 0.717) is 16.8 Å². The first kappa shape index (κ1) is 17.0. The minimum atomic E-state index is -3.71. The summed E-state index contributed by atoms with van der Waals surface area (Å²) in [4.78, 5) is 12.1. The van der Waals surface area contributed by atoms with Crippen molar-refractivity contribution in [1.82, 2.24) is 0 Å². The molecule has 23 heavy (non-hydrogen) atoms. The van der Waals surface area contributed by atoms with Gasteiger partial charge in [-0.2, -0.15) is 0 Å². The highest BCUT2D eigenvalue weighted by atomic mass is 32.2. The number of hydrogen-bond acceptors (Lipinski definition) is 4. The Morgan fingerprint density at radius 3 is 2.35 bits per heavy atom. The van der Waals surface area contributed by atoms with Crippen LogP contribution in [0, 0.1) is 13.8 Å². The van der Waals surface area contributed by atoms with Crippen molar-refractivity contribution in [3.8, 4) is 0 Å². The highest BCUT2D eigenvalue weighted by molar-refractivity contribution is 7.92. The summed E-state index contributed by atoms with van der Waals surface area (Å²) in [5, 5.41) is 0. The standard InChI is InChI=1S/C17H19NO4S/c1-4-22-17(19)15-6-5-7-16(13(15)3)18-23(20,21)14-10-8-12(2)9-11-14/h5-11,18H,4H2,1-3H3. The Morgan fingerprint density at radius 2 is 1.74 bits per heavy atom. The van der Waals surface area contributed by atoms with Gasteiger partial charge in [-0.25, -0.2) is 13.2 Å². The molecule has 0 aliphatic rings. The van der Waals surface area contributed by atoms with Crippen LogP contribution in [0.4, 0.5) is 5.69 Å². The summed E-state index contributed by atoms with van der Waals surface area (Å²) in [6.07, 6.45) is 0. The van der Waals surface area contributed by atoms with Crippen molar-refractivity contribution in [3.63, 3.8) is 0 Å². The molecule has 0 bridgehead atoms. The Bertz CT molecular complexity index is 811. The summed E-state index contributed by atoms with van der Waals surface area (Å²) in [7, 11) is -3.71. The molecule has 0 atom stereocenters. The van der Waals surface area contributed by atoms with Gasteiger partial charge in [-0.05, 0) is 50.6 Å². The predicted molar refractivity (Wildman–Crippen MR) is 89.1 cm³/mol. The van der Waals surface area contributed by atoms with Crippen LogP contribution in [0.1, 0.15) is 28.4 Å². The van der Waals surface area contributed by atoms with Crippen LogP contribution in [-0.4, -0.2) is 21.0 Å². The Kier molecular flexibility index (Phi) is 5.05. The van der Waals surface area contributed by atoms with Crippen LogP contribution >= 0.6 is 0 Å². The zero-order valence-electron chi connectivity index (χ0n) is 13.3. The molecule has 122 valence electrons. The van der Waals surface area contributed by atoms with E-state index in [9.17, 15) is 13.2 Å². The van der Waals surface area contributed by atoms with Gasteiger partial charge < -0.3 is 4.74 Å². The fourth-order valence-electron chi connectivity index (χ4n) is 2.10. The SMILES string of the molecule is CCOC(=O)c1cccc(NS(=O)(=O)c2ccc(C)cc2)c1C. The van der Waals surface area contributed by atoms with E-state index < -0.39 is 16.0 Å². The van der Waals surface area contributed by atoms with Crippen LogP contribution in [0.2, 0.25) is 0 Å². The first-order valence-electron chi connectivity index (χ1n) is 7.21. The molecule has 0 spiro atoms. The van der Waals surface area contributed by atoms with E-state index in [0.717, 1.165) is 5.56 Å². The minimum Gasteiger partial charge on any atom is -0.462 e. The number of carbonyl (C=O) groups excluding carboxylic acids is 1. The van der Waals surface area contributed by atoms with Gasteiger partial charge in [0.15, 0.2) is 0 Å². The van der Waals surface area contributed by atoms with Crippen LogP contribution in [0.15, 0.2) is 47.4 Å². The van der Waals surface area contributed by atoms with E-state index in [4.69, 9.17) is 4.74 Å². The first-order chi connectivity index (χ1) is 10.8. The molecule has 0 aromatic heterocycles. The molecule has 2 aromatic rings.